The molecule has 1 aromatic rings. The van der Waals surface area contributed by atoms with Crippen molar-refractivity contribution >= 4 is 57.5 Å². The van der Waals surface area contributed by atoms with Crippen LogP contribution in [0.1, 0.15) is 13.8 Å². The van der Waals surface area contributed by atoms with Gasteiger partial charge in [-0.1, -0.05) is 11.8 Å². The number of tetrazole rings is 1. The maximum Gasteiger partial charge on any atom is 0.313 e. The van der Waals surface area contributed by atoms with Crippen LogP contribution in [0.3, 0.4) is 0 Å². The fraction of sp³-hybridized carbons (Fsp3) is 0.692. The Balaban J connectivity index is 1.72. The van der Waals surface area contributed by atoms with Gasteiger partial charge in [0.05, 0.1) is 16.1 Å². The van der Waals surface area contributed by atoms with Gasteiger partial charge in [-0.15, -0.1) is 16.9 Å². The van der Waals surface area contributed by atoms with Crippen molar-refractivity contribution in [3.63, 3.8) is 0 Å². The third-order valence-corrected chi connectivity index (χ3v) is 8.15. The van der Waals surface area contributed by atoms with E-state index in [1.807, 2.05) is 6.92 Å². The molecule has 26 heavy (non-hydrogen) atoms. The van der Waals surface area contributed by atoms with Crippen LogP contribution in [0, 0.1) is 5.41 Å². The molecule has 2 aliphatic heterocycles. The largest absolute Gasteiger partial charge is 0.481 e. The number of carbonyl (C=O) groups is 3. The molecule has 1 N–H and O–H groups in total. The summed E-state index contributed by atoms with van der Waals surface area (Å²) in [5.41, 5.74) is -1.09. The molecular formula is C13H17BrN6O4S2. The maximum absolute atomic E-state index is 12.4. The van der Waals surface area contributed by atoms with Crippen LogP contribution in [-0.2, 0) is 20.9 Å². The highest BCUT2D eigenvalue weighted by atomic mass is 79.9. The summed E-state index contributed by atoms with van der Waals surface area (Å²) in [6.07, 6.45) is 0. The van der Waals surface area contributed by atoms with Crippen LogP contribution in [0.15, 0.2) is 5.16 Å². The van der Waals surface area contributed by atoms with E-state index in [4.69, 9.17) is 0 Å². The number of fused-ring (bicyclic) bond motifs is 1. The predicted octanol–water partition coefficient (Wildman–Crippen LogP) is 0.298. The minimum absolute atomic E-state index is 0.106. The van der Waals surface area contributed by atoms with Gasteiger partial charge in [-0.05, 0) is 17.4 Å². The first-order chi connectivity index (χ1) is 12.3. The Morgan fingerprint density at radius 1 is 1.54 bits per heavy atom. The Kier molecular flexibility index (Phi) is 5.49. The first-order valence-corrected chi connectivity index (χ1v) is 10.5. The quantitative estimate of drug-likeness (QED) is 0.359. The molecule has 0 radical (unpaired) electrons. The molecule has 3 heterocycles. The average molecular weight is 465 g/mol. The summed E-state index contributed by atoms with van der Waals surface area (Å²) in [4.78, 5) is 37.5. The number of aromatic nitrogens is 4. The van der Waals surface area contributed by atoms with Gasteiger partial charge in [0.2, 0.25) is 17.0 Å². The monoisotopic (exact) mass is 464 g/mol. The van der Waals surface area contributed by atoms with Crippen molar-refractivity contribution in [2.24, 2.45) is 5.41 Å². The van der Waals surface area contributed by atoms with Crippen molar-refractivity contribution in [2.45, 2.75) is 37.0 Å². The Morgan fingerprint density at radius 3 is 2.88 bits per heavy atom. The number of carbonyl (C=O) groups excluding carboxylic acids is 2. The number of nitrogens with zero attached hydrogens (tertiary/aromatic N) is 6. The molecule has 0 aliphatic carbocycles. The number of hydrogen-bond donors (Lipinski definition) is 1. The Hall–Kier alpha value is -1.34. The van der Waals surface area contributed by atoms with E-state index in [2.05, 4.69) is 31.7 Å². The summed E-state index contributed by atoms with van der Waals surface area (Å²) in [5.74, 6) is -0.872. The summed E-state index contributed by atoms with van der Waals surface area (Å²) in [6, 6.07) is -0.593. The van der Waals surface area contributed by atoms with Gasteiger partial charge < -0.3 is 10.0 Å². The summed E-state index contributed by atoms with van der Waals surface area (Å²) in [5, 5.41) is 21.5. The lowest BCUT2D eigenvalue weighted by Crippen LogP contribution is -2.73. The number of rotatable bonds is 6. The number of aryl methyl sites for hydroxylation is 1. The molecular weight excluding hydrogens is 448 g/mol. The van der Waals surface area contributed by atoms with Crippen molar-refractivity contribution in [1.29, 1.82) is 0 Å². The number of hydrogen-bond acceptors (Lipinski definition) is 8. The van der Waals surface area contributed by atoms with Gasteiger partial charge >= 0.3 is 5.97 Å². The third kappa shape index (κ3) is 3.20. The smallest absolute Gasteiger partial charge is 0.313 e. The molecule has 3 rings (SSSR count). The van der Waals surface area contributed by atoms with Crippen LogP contribution in [0.25, 0.3) is 0 Å². The minimum atomic E-state index is -1.09. The predicted molar refractivity (Wildman–Crippen MR) is 97.5 cm³/mol. The molecule has 3 atom stereocenters. The molecule has 2 fully saturated rings. The van der Waals surface area contributed by atoms with Crippen LogP contribution >= 0.6 is 39.7 Å². The standard InChI is InChI=1S/C13H17BrN6O4S2/c1-3-19-12(15-16-17-19)26-6-13(11(23)24)4-18-9(22)8(10(18)25-5-13)20(14)7(2)21/h8,10H,3-6H2,1-2H3,(H,23,24)/t8?,10-,13?/m1/s1. The molecule has 1 aromatic heterocycles. The molecule has 0 aromatic carbocycles. The highest BCUT2D eigenvalue weighted by Gasteiger charge is 2.59. The van der Waals surface area contributed by atoms with Crippen LogP contribution in [0.4, 0.5) is 0 Å². The molecule has 2 unspecified atom stereocenters. The lowest BCUT2D eigenvalue weighted by molar-refractivity contribution is -0.160. The summed E-state index contributed by atoms with van der Waals surface area (Å²) in [6.45, 7) is 3.96. The zero-order valence-corrected chi connectivity index (χ0v) is 17.3. The average Bonchev–Trinajstić information content (AvgIpc) is 3.07. The van der Waals surface area contributed by atoms with Crippen LogP contribution < -0.4 is 0 Å². The van der Waals surface area contributed by atoms with Crippen molar-refractivity contribution in [3.8, 4) is 0 Å². The second-order valence-corrected chi connectivity index (χ2v) is 8.91. The SMILES string of the molecule is CCn1nnnc1SCC1(C(=O)O)CS[C@@H]2C(N(Br)C(C)=O)C(=O)N2C1. The van der Waals surface area contributed by atoms with Crippen molar-refractivity contribution < 1.29 is 19.5 Å². The molecule has 2 saturated heterocycles. The second kappa shape index (κ2) is 7.35. The Bertz CT molecular complexity index is 748. The van der Waals surface area contributed by atoms with Gasteiger partial charge in [-0.3, -0.25) is 18.3 Å². The Labute approximate surface area is 166 Å². The molecule has 2 aliphatic rings. The van der Waals surface area contributed by atoms with Gasteiger partial charge in [0, 0.05) is 31.5 Å². The number of β-lactam (4-membered cyclic amide) rings is 1. The molecule has 0 bridgehead atoms. The lowest BCUT2D eigenvalue weighted by Gasteiger charge is -2.55. The van der Waals surface area contributed by atoms with Gasteiger partial charge in [-0.25, -0.2) is 4.68 Å². The van der Waals surface area contributed by atoms with Crippen molar-refractivity contribution in [2.75, 3.05) is 18.1 Å². The zero-order valence-electron chi connectivity index (χ0n) is 14.0. The minimum Gasteiger partial charge on any atom is -0.481 e. The molecule has 13 heteroatoms. The van der Waals surface area contributed by atoms with Crippen LogP contribution in [0.2, 0.25) is 0 Å². The zero-order chi connectivity index (χ0) is 19.1. The van der Waals surface area contributed by atoms with Crippen LogP contribution in [0.5, 0.6) is 0 Å². The summed E-state index contributed by atoms with van der Waals surface area (Å²) < 4.78 is 2.83. The van der Waals surface area contributed by atoms with Gasteiger partial charge in [0.25, 0.3) is 0 Å². The second-order valence-electron chi connectivity index (χ2n) is 6.09. The number of thioether (sulfide) groups is 2. The molecule has 0 saturated carbocycles. The molecule has 10 nitrogen and oxygen atoms in total. The van der Waals surface area contributed by atoms with Crippen molar-refractivity contribution in [1.82, 2.24) is 29.0 Å². The lowest BCUT2D eigenvalue weighted by atomic mass is 9.89. The van der Waals surface area contributed by atoms with Gasteiger partial charge in [0.1, 0.15) is 10.8 Å². The first kappa shape index (κ1) is 19.4. The van der Waals surface area contributed by atoms with E-state index in [1.54, 1.807) is 4.68 Å². The number of carboxylic acid groups (broad SMARTS) is 1. The summed E-state index contributed by atoms with van der Waals surface area (Å²) in [7, 11) is 0. The van der Waals surface area contributed by atoms with E-state index < -0.39 is 17.4 Å². The fourth-order valence-corrected chi connectivity index (χ4v) is 6.26. The highest BCUT2D eigenvalue weighted by Crippen LogP contribution is 2.46. The highest BCUT2D eigenvalue weighted by molar-refractivity contribution is 9.07. The fourth-order valence-electron chi connectivity index (χ4n) is 2.86. The molecule has 142 valence electrons. The maximum atomic E-state index is 12.4. The van der Waals surface area contributed by atoms with E-state index >= 15 is 0 Å². The molecule has 2 amide bonds. The van der Waals surface area contributed by atoms with E-state index in [0.29, 0.717) is 17.5 Å². The van der Waals surface area contributed by atoms with Crippen LogP contribution in [-0.4, -0.2) is 81.4 Å². The first-order valence-electron chi connectivity index (χ1n) is 7.81. The number of halogens is 1. The third-order valence-electron chi connectivity index (χ3n) is 4.39. The number of aliphatic carboxylic acids is 1. The van der Waals surface area contributed by atoms with Gasteiger partial charge in [-0.2, -0.15) is 0 Å². The van der Waals surface area contributed by atoms with E-state index in [0.717, 1.165) is 0 Å². The molecule has 0 spiro atoms. The summed E-state index contributed by atoms with van der Waals surface area (Å²) >= 11 is 5.78. The van der Waals surface area contributed by atoms with E-state index in [-0.39, 0.29) is 29.5 Å². The van der Waals surface area contributed by atoms with E-state index in [1.165, 1.54) is 39.3 Å². The topological polar surface area (TPSA) is 122 Å². The Morgan fingerprint density at radius 2 is 2.27 bits per heavy atom. The van der Waals surface area contributed by atoms with Crippen molar-refractivity contribution in [3.05, 3.63) is 0 Å². The normalized spacial score (nSPS) is 27.7. The van der Waals surface area contributed by atoms with E-state index in [9.17, 15) is 19.5 Å². The number of amides is 2. The van der Waals surface area contributed by atoms with Gasteiger partial charge in [0.15, 0.2) is 6.04 Å². The number of carboxylic acids is 1.